The largest absolute Gasteiger partial charge is 0.497 e. The average Bonchev–Trinajstić information content (AvgIpc) is 3.17. The topological polar surface area (TPSA) is 125 Å². The molecule has 2 N–H and O–H groups in total. The molecule has 4 rings (SSSR count). The molecular weight excluding hydrogens is 416 g/mol. The van der Waals surface area contributed by atoms with E-state index in [-0.39, 0.29) is 36.6 Å². The standard InChI is InChI=1S/C22H24N4O6/c1-22(13-6-5-7-14(12-13)32-2)20(30)26(21(31)23-22)24-17(27)10-11-25-18(28)15-8-3-4-9-16(15)19(25)29/h3-7,12,15-16H,8-11H2,1-2H3,(H,23,31)(H,24,27)/t15-,16-,22-/m0/s1. The Morgan fingerprint density at radius 2 is 1.81 bits per heavy atom. The Morgan fingerprint density at radius 1 is 1.16 bits per heavy atom. The predicted octanol–water partition coefficient (Wildman–Crippen LogP) is 0.835. The van der Waals surface area contributed by atoms with Crippen molar-refractivity contribution in [3.05, 3.63) is 42.0 Å². The van der Waals surface area contributed by atoms with Crippen molar-refractivity contribution in [3.8, 4) is 5.75 Å². The highest BCUT2D eigenvalue weighted by Crippen LogP contribution is 2.35. The van der Waals surface area contributed by atoms with E-state index in [9.17, 15) is 24.0 Å². The van der Waals surface area contributed by atoms with E-state index in [0.29, 0.717) is 29.2 Å². The summed E-state index contributed by atoms with van der Waals surface area (Å²) in [7, 11) is 1.49. The van der Waals surface area contributed by atoms with E-state index in [4.69, 9.17) is 4.74 Å². The third kappa shape index (κ3) is 3.51. The van der Waals surface area contributed by atoms with Crippen molar-refractivity contribution >= 4 is 29.7 Å². The summed E-state index contributed by atoms with van der Waals surface area (Å²) >= 11 is 0. The van der Waals surface area contributed by atoms with Gasteiger partial charge in [-0.05, 0) is 37.5 Å². The van der Waals surface area contributed by atoms with Crippen LogP contribution < -0.4 is 15.5 Å². The van der Waals surface area contributed by atoms with Gasteiger partial charge < -0.3 is 10.1 Å². The molecular formula is C22H24N4O6. The molecule has 0 spiro atoms. The Hall–Kier alpha value is -3.69. The summed E-state index contributed by atoms with van der Waals surface area (Å²) < 4.78 is 5.18. The van der Waals surface area contributed by atoms with E-state index >= 15 is 0 Å². The summed E-state index contributed by atoms with van der Waals surface area (Å²) in [5.74, 6) is -2.10. The first-order valence-electron chi connectivity index (χ1n) is 10.4. The average molecular weight is 440 g/mol. The summed E-state index contributed by atoms with van der Waals surface area (Å²) in [6, 6.07) is 5.92. The molecule has 3 aliphatic rings. The van der Waals surface area contributed by atoms with Crippen LogP contribution in [0.25, 0.3) is 0 Å². The number of hydrogen-bond acceptors (Lipinski definition) is 6. The van der Waals surface area contributed by atoms with Gasteiger partial charge in [-0.15, -0.1) is 0 Å². The number of benzene rings is 1. The number of imide groups is 2. The zero-order chi connectivity index (χ0) is 23.0. The van der Waals surface area contributed by atoms with Crippen LogP contribution in [0, 0.1) is 11.8 Å². The van der Waals surface area contributed by atoms with Gasteiger partial charge in [0.2, 0.25) is 17.7 Å². The molecule has 2 fully saturated rings. The van der Waals surface area contributed by atoms with Gasteiger partial charge in [-0.25, -0.2) is 4.79 Å². The van der Waals surface area contributed by atoms with Crippen molar-refractivity contribution in [1.82, 2.24) is 20.7 Å². The van der Waals surface area contributed by atoms with Gasteiger partial charge in [0, 0.05) is 13.0 Å². The Bertz CT molecular complexity index is 1010. The van der Waals surface area contributed by atoms with Gasteiger partial charge in [-0.1, -0.05) is 24.3 Å². The number of carbonyl (C=O) groups is 5. The Morgan fingerprint density at radius 3 is 2.44 bits per heavy atom. The van der Waals surface area contributed by atoms with Crippen LogP contribution in [0.5, 0.6) is 5.75 Å². The molecule has 0 aromatic heterocycles. The minimum atomic E-state index is -1.39. The Labute approximate surface area is 184 Å². The highest BCUT2D eigenvalue weighted by atomic mass is 16.5. The van der Waals surface area contributed by atoms with Crippen molar-refractivity contribution in [2.24, 2.45) is 11.8 Å². The van der Waals surface area contributed by atoms with Gasteiger partial charge in [0.25, 0.3) is 5.91 Å². The van der Waals surface area contributed by atoms with E-state index in [1.54, 1.807) is 24.3 Å². The van der Waals surface area contributed by atoms with Crippen molar-refractivity contribution < 1.29 is 28.7 Å². The van der Waals surface area contributed by atoms with Crippen molar-refractivity contribution in [1.29, 1.82) is 0 Å². The highest BCUT2D eigenvalue weighted by Gasteiger charge is 2.50. The number of ether oxygens (including phenoxy) is 1. The van der Waals surface area contributed by atoms with Gasteiger partial charge in [0.15, 0.2) is 0 Å². The van der Waals surface area contributed by atoms with E-state index in [1.807, 2.05) is 12.2 Å². The fourth-order valence-corrected chi connectivity index (χ4v) is 4.35. The lowest BCUT2D eigenvalue weighted by molar-refractivity contribution is -0.142. The highest BCUT2D eigenvalue weighted by molar-refractivity contribution is 6.08. The monoisotopic (exact) mass is 440 g/mol. The molecule has 32 heavy (non-hydrogen) atoms. The summed E-state index contributed by atoms with van der Waals surface area (Å²) in [6.45, 7) is 1.43. The molecule has 1 aromatic rings. The molecule has 0 radical (unpaired) electrons. The molecule has 0 bridgehead atoms. The molecule has 2 heterocycles. The number of fused-ring (bicyclic) bond motifs is 1. The second-order valence-corrected chi connectivity index (χ2v) is 8.20. The van der Waals surface area contributed by atoms with Crippen LogP contribution >= 0.6 is 0 Å². The second-order valence-electron chi connectivity index (χ2n) is 8.20. The molecule has 3 atom stereocenters. The maximum absolute atomic E-state index is 13.0. The van der Waals surface area contributed by atoms with Gasteiger partial charge in [0.1, 0.15) is 11.3 Å². The molecule has 0 saturated carbocycles. The number of rotatable bonds is 6. The van der Waals surface area contributed by atoms with E-state index in [1.165, 1.54) is 14.0 Å². The van der Waals surface area contributed by atoms with Gasteiger partial charge in [-0.2, -0.15) is 5.01 Å². The lowest BCUT2D eigenvalue weighted by Crippen LogP contribution is -2.48. The Balaban J connectivity index is 1.39. The van der Waals surface area contributed by atoms with Crippen LogP contribution in [-0.2, 0) is 24.7 Å². The number of methoxy groups -OCH3 is 1. The van der Waals surface area contributed by atoms with Crippen LogP contribution in [-0.4, -0.2) is 53.2 Å². The van der Waals surface area contributed by atoms with E-state index in [0.717, 1.165) is 4.90 Å². The second kappa shape index (κ2) is 8.10. The number of nitrogens with zero attached hydrogens (tertiary/aromatic N) is 2. The normalized spacial score (nSPS) is 26.9. The minimum absolute atomic E-state index is 0.104. The maximum atomic E-state index is 13.0. The van der Waals surface area contributed by atoms with Crippen LogP contribution in [0.15, 0.2) is 36.4 Å². The van der Waals surface area contributed by atoms with Crippen LogP contribution in [0.4, 0.5) is 4.79 Å². The lowest BCUT2D eigenvalue weighted by Gasteiger charge is -2.22. The summed E-state index contributed by atoms with van der Waals surface area (Å²) in [4.78, 5) is 64.0. The SMILES string of the molecule is COc1cccc([C@]2(C)NC(=O)N(NC(=O)CCN3C(=O)[C@H]4CC=CC[C@@H]4C3=O)C2=O)c1. The van der Waals surface area contributed by atoms with Crippen LogP contribution in [0.2, 0.25) is 0 Å². The third-order valence-electron chi connectivity index (χ3n) is 6.24. The third-order valence-corrected chi connectivity index (χ3v) is 6.24. The fourth-order valence-electron chi connectivity index (χ4n) is 4.35. The Kier molecular flexibility index (Phi) is 5.45. The first kappa shape index (κ1) is 21.5. The smallest absolute Gasteiger partial charge is 0.344 e. The zero-order valence-corrected chi connectivity index (χ0v) is 17.8. The summed E-state index contributed by atoms with van der Waals surface area (Å²) in [6.07, 6.45) is 4.59. The molecule has 1 aromatic carbocycles. The molecule has 2 aliphatic heterocycles. The number of allylic oxidation sites excluding steroid dienone is 2. The van der Waals surface area contributed by atoms with Crippen molar-refractivity contribution in [2.75, 3.05) is 13.7 Å². The number of nitrogens with one attached hydrogen (secondary N) is 2. The van der Waals surface area contributed by atoms with Crippen LogP contribution in [0.1, 0.15) is 31.7 Å². The first-order chi connectivity index (χ1) is 15.3. The van der Waals surface area contributed by atoms with Gasteiger partial charge in [-0.3, -0.25) is 29.5 Å². The predicted molar refractivity (Wildman–Crippen MR) is 111 cm³/mol. The van der Waals surface area contributed by atoms with Crippen molar-refractivity contribution in [3.63, 3.8) is 0 Å². The van der Waals surface area contributed by atoms with Gasteiger partial charge >= 0.3 is 6.03 Å². The molecule has 6 amide bonds. The number of hydrazine groups is 1. The first-order valence-corrected chi connectivity index (χ1v) is 10.4. The van der Waals surface area contributed by atoms with E-state index < -0.39 is 23.4 Å². The zero-order valence-electron chi connectivity index (χ0n) is 17.8. The fraction of sp³-hybridized carbons (Fsp3) is 0.409. The molecule has 0 unspecified atom stereocenters. The molecule has 10 heteroatoms. The summed E-state index contributed by atoms with van der Waals surface area (Å²) in [5.41, 5.74) is 1.40. The van der Waals surface area contributed by atoms with Crippen molar-refractivity contribution in [2.45, 2.75) is 31.7 Å². The number of likely N-dealkylation sites (tertiary alicyclic amines) is 1. The molecule has 10 nitrogen and oxygen atoms in total. The quantitative estimate of drug-likeness (QED) is 0.384. The van der Waals surface area contributed by atoms with Gasteiger partial charge in [0.05, 0.1) is 18.9 Å². The molecule has 168 valence electrons. The molecule has 2 saturated heterocycles. The number of carbonyl (C=O) groups excluding carboxylic acids is 5. The van der Waals surface area contributed by atoms with E-state index in [2.05, 4.69) is 10.7 Å². The van der Waals surface area contributed by atoms with Crippen LogP contribution in [0.3, 0.4) is 0 Å². The number of amides is 6. The number of hydrogen-bond donors (Lipinski definition) is 2. The maximum Gasteiger partial charge on any atom is 0.344 e. The molecule has 1 aliphatic carbocycles. The minimum Gasteiger partial charge on any atom is -0.497 e. The number of urea groups is 1. The summed E-state index contributed by atoms with van der Waals surface area (Å²) in [5, 5.41) is 3.21. The lowest BCUT2D eigenvalue weighted by atomic mass is 9.85.